The maximum atomic E-state index is 12.4. The Hall–Kier alpha value is -1.59. The van der Waals surface area contributed by atoms with E-state index in [4.69, 9.17) is 0 Å². The molecule has 0 spiro atoms. The van der Waals surface area contributed by atoms with Gasteiger partial charge in [0.25, 0.3) is 5.84 Å². The summed E-state index contributed by atoms with van der Waals surface area (Å²) in [6, 6.07) is 0. The van der Waals surface area contributed by atoms with Crippen molar-refractivity contribution in [3.05, 3.63) is 23.8 Å². The fourth-order valence-corrected chi connectivity index (χ4v) is 1.67. The lowest BCUT2D eigenvalue weighted by Gasteiger charge is -2.33. The molecule has 1 N–H and O–H groups in total. The van der Waals surface area contributed by atoms with Crippen molar-refractivity contribution in [1.29, 1.82) is 0 Å². The average molecular weight is 229 g/mol. The molecule has 1 unspecified atom stereocenters. The summed E-state index contributed by atoms with van der Waals surface area (Å²) >= 11 is 0. The Balaban J connectivity index is 2.45. The van der Waals surface area contributed by atoms with Gasteiger partial charge >= 0.3 is 6.18 Å². The Bertz CT molecular complexity index is 443. The van der Waals surface area contributed by atoms with Gasteiger partial charge in [0.2, 0.25) is 0 Å². The highest BCUT2D eigenvalue weighted by molar-refractivity contribution is 6.15. The zero-order valence-corrected chi connectivity index (χ0v) is 8.76. The van der Waals surface area contributed by atoms with Crippen LogP contribution in [0.5, 0.6) is 0 Å². The third kappa shape index (κ3) is 1.64. The quantitative estimate of drug-likeness (QED) is 0.679. The van der Waals surface area contributed by atoms with E-state index in [1.807, 2.05) is 0 Å². The van der Waals surface area contributed by atoms with Crippen molar-refractivity contribution in [3.63, 3.8) is 0 Å². The maximum absolute atomic E-state index is 12.4. The van der Waals surface area contributed by atoms with Crippen molar-refractivity contribution >= 4 is 11.5 Å². The molecule has 2 aliphatic rings. The van der Waals surface area contributed by atoms with E-state index < -0.39 is 17.6 Å². The molecule has 0 saturated heterocycles. The number of amidine groups is 1. The van der Waals surface area contributed by atoms with Crippen LogP contribution in [0.2, 0.25) is 0 Å². The zero-order valence-electron chi connectivity index (χ0n) is 8.76. The average Bonchev–Trinajstić information content (AvgIpc) is 2.15. The van der Waals surface area contributed by atoms with Gasteiger partial charge in [0.15, 0.2) is 0 Å². The van der Waals surface area contributed by atoms with Gasteiger partial charge in [0.1, 0.15) is 5.54 Å². The van der Waals surface area contributed by atoms with E-state index in [0.717, 1.165) is 0 Å². The summed E-state index contributed by atoms with van der Waals surface area (Å²) in [5.74, 6) is -1.14. The van der Waals surface area contributed by atoms with E-state index >= 15 is 0 Å². The second-order valence-corrected chi connectivity index (χ2v) is 3.92. The summed E-state index contributed by atoms with van der Waals surface area (Å²) in [7, 11) is 0. The van der Waals surface area contributed by atoms with Gasteiger partial charge in [-0.05, 0) is 19.4 Å². The van der Waals surface area contributed by atoms with Crippen molar-refractivity contribution in [1.82, 2.24) is 5.43 Å². The first kappa shape index (κ1) is 10.9. The molecule has 0 aromatic carbocycles. The predicted molar refractivity (Wildman–Crippen MR) is 55.4 cm³/mol. The molecule has 6 heteroatoms. The Morgan fingerprint density at radius 3 is 2.69 bits per heavy atom. The van der Waals surface area contributed by atoms with Gasteiger partial charge in [-0.2, -0.15) is 18.3 Å². The number of hydrogen-bond acceptors (Lipinski definition) is 3. The van der Waals surface area contributed by atoms with Crippen molar-refractivity contribution in [2.75, 3.05) is 0 Å². The summed E-state index contributed by atoms with van der Waals surface area (Å²) in [5, 5.41) is 3.27. The molecular weight excluding hydrogens is 219 g/mol. The first-order chi connectivity index (χ1) is 7.33. The topological polar surface area (TPSA) is 36.8 Å². The number of hydrogen-bond donors (Lipinski definition) is 1. The molecule has 0 radical (unpaired) electrons. The summed E-state index contributed by atoms with van der Waals surface area (Å²) < 4.78 is 37.3. The van der Waals surface area contributed by atoms with Crippen LogP contribution in [0.1, 0.15) is 13.8 Å². The molecule has 0 bridgehead atoms. The number of aliphatic imine (C=N–C) groups is 1. The zero-order chi connectivity index (χ0) is 12.0. The van der Waals surface area contributed by atoms with Gasteiger partial charge in [0, 0.05) is 0 Å². The van der Waals surface area contributed by atoms with Crippen molar-refractivity contribution in [3.8, 4) is 0 Å². The minimum atomic E-state index is -4.53. The van der Waals surface area contributed by atoms with Crippen molar-refractivity contribution in [2.45, 2.75) is 25.6 Å². The lowest BCUT2D eigenvalue weighted by atomic mass is 9.86. The van der Waals surface area contributed by atoms with Gasteiger partial charge in [-0.1, -0.05) is 18.2 Å². The van der Waals surface area contributed by atoms with Gasteiger partial charge in [-0.15, -0.1) is 0 Å². The molecule has 1 aliphatic heterocycles. The Morgan fingerprint density at radius 1 is 1.38 bits per heavy atom. The summed E-state index contributed by atoms with van der Waals surface area (Å²) in [4.78, 5) is 3.59. The van der Waals surface area contributed by atoms with E-state index in [1.54, 1.807) is 32.1 Å². The standard InChI is InChI=1S/C10H10F3N3/c1-6-4-3-5-9(2)7(6)14-8(15-16-9)10(11,12)13/h3-5,16H,1-2H3. The predicted octanol–water partition coefficient (Wildman–Crippen LogP) is 2.18. The Labute approximate surface area is 90.4 Å². The highest BCUT2D eigenvalue weighted by Gasteiger charge is 2.42. The molecule has 86 valence electrons. The van der Waals surface area contributed by atoms with Gasteiger partial charge in [0.05, 0.1) is 5.71 Å². The number of allylic oxidation sites excluding steroid dienone is 2. The number of halogens is 3. The van der Waals surface area contributed by atoms with E-state index in [-0.39, 0.29) is 0 Å². The number of nitrogens with one attached hydrogen (secondary N) is 1. The monoisotopic (exact) mass is 229 g/mol. The second kappa shape index (κ2) is 3.20. The largest absolute Gasteiger partial charge is 0.453 e. The lowest BCUT2D eigenvalue weighted by Crippen LogP contribution is -2.51. The molecule has 2 rings (SSSR count). The van der Waals surface area contributed by atoms with E-state index in [0.29, 0.717) is 11.3 Å². The molecule has 1 atom stereocenters. The third-order valence-electron chi connectivity index (χ3n) is 2.51. The minimum absolute atomic E-state index is 0.359. The number of fused-ring (bicyclic) bond motifs is 1. The number of hydrazone groups is 1. The SMILES string of the molecule is CC1=CC=CC2(C)NN=C(C(F)(F)F)N=C12. The molecule has 0 amide bonds. The van der Waals surface area contributed by atoms with Crippen LogP contribution in [0.3, 0.4) is 0 Å². The number of alkyl halides is 3. The van der Waals surface area contributed by atoms with Crippen molar-refractivity contribution in [2.24, 2.45) is 10.1 Å². The number of rotatable bonds is 0. The molecule has 3 nitrogen and oxygen atoms in total. The minimum Gasteiger partial charge on any atom is -0.292 e. The highest BCUT2D eigenvalue weighted by Crippen LogP contribution is 2.27. The van der Waals surface area contributed by atoms with Gasteiger partial charge in [-0.25, -0.2) is 4.99 Å². The van der Waals surface area contributed by atoms with Crippen LogP contribution in [-0.2, 0) is 0 Å². The van der Waals surface area contributed by atoms with Crippen LogP contribution in [0.15, 0.2) is 33.9 Å². The van der Waals surface area contributed by atoms with E-state index in [2.05, 4.69) is 15.5 Å². The fraction of sp³-hybridized carbons (Fsp3) is 0.400. The third-order valence-corrected chi connectivity index (χ3v) is 2.51. The van der Waals surface area contributed by atoms with Crippen LogP contribution in [-0.4, -0.2) is 23.3 Å². The van der Waals surface area contributed by atoms with Gasteiger partial charge < -0.3 is 0 Å². The molecule has 16 heavy (non-hydrogen) atoms. The summed E-state index contributed by atoms with van der Waals surface area (Å²) in [6.45, 7) is 3.46. The lowest BCUT2D eigenvalue weighted by molar-refractivity contribution is -0.0604. The van der Waals surface area contributed by atoms with Gasteiger partial charge in [-0.3, -0.25) is 5.43 Å². The van der Waals surface area contributed by atoms with Crippen LogP contribution >= 0.6 is 0 Å². The molecule has 1 aliphatic carbocycles. The van der Waals surface area contributed by atoms with Crippen LogP contribution in [0.25, 0.3) is 0 Å². The first-order valence-electron chi connectivity index (χ1n) is 4.71. The smallest absolute Gasteiger partial charge is 0.292 e. The summed E-state index contributed by atoms with van der Waals surface area (Å²) in [6.07, 6.45) is 0.704. The maximum Gasteiger partial charge on any atom is 0.453 e. The van der Waals surface area contributed by atoms with E-state index in [1.165, 1.54) is 0 Å². The van der Waals surface area contributed by atoms with Crippen LogP contribution in [0, 0.1) is 0 Å². The number of nitrogens with zero attached hydrogens (tertiary/aromatic N) is 2. The molecule has 1 heterocycles. The summed E-state index contributed by atoms with van der Waals surface area (Å²) in [5.41, 5.74) is 2.81. The van der Waals surface area contributed by atoms with Crippen LogP contribution in [0.4, 0.5) is 13.2 Å². The second-order valence-electron chi connectivity index (χ2n) is 3.92. The van der Waals surface area contributed by atoms with Crippen LogP contribution < -0.4 is 5.43 Å². The normalized spacial score (nSPS) is 28.7. The molecule has 0 aromatic heterocycles. The first-order valence-corrected chi connectivity index (χ1v) is 4.71. The Kier molecular flexibility index (Phi) is 2.18. The fourth-order valence-electron chi connectivity index (χ4n) is 1.67. The van der Waals surface area contributed by atoms with E-state index in [9.17, 15) is 13.2 Å². The molecule has 0 fully saturated rings. The molecular formula is C10H10F3N3. The Morgan fingerprint density at radius 2 is 2.06 bits per heavy atom. The molecule has 0 saturated carbocycles. The highest BCUT2D eigenvalue weighted by atomic mass is 19.4. The van der Waals surface area contributed by atoms with Crippen molar-refractivity contribution < 1.29 is 13.2 Å². The molecule has 0 aromatic rings.